The molecule has 0 atom stereocenters. The third-order valence-corrected chi connectivity index (χ3v) is 4.00. The SMILES string of the molecule is COC(=O)CSCc1nc(Cl)c2ccsc2n1. The summed E-state index contributed by atoms with van der Waals surface area (Å²) in [5, 5.41) is 3.26. The highest BCUT2D eigenvalue weighted by Gasteiger charge is 2.08. The number of carbonyl (C=O) groups is 1. The zero-order chi connectivity index (χ0) is 12.3. The van der Waals surface area contributed by atoms with Crippen molar-refractivity contribution in [2.75, 3.05) is 12.9 Å². The first-order valence-corrected chi connectivity index (χ1v) is 7.16. The topological polar surface area (TPSA) is 52.1 Å². The van der Waals surface area contributed by atoms with Gasteiger partial charge in [0.25, 0.3) is 0 Å². The number of hydrogen-bond donors (Lipinski definition) is 0. The molecule has 0 radical (unpaired) electrons. The van der Waals surface area contributed by atoms with Gasteiger partial charge < -0.3 is 4.74 Å². The molecule has 2 aromatic rings. The van der Waals surface area contributed by atoms with Crippen LogP contribution in [0.15, 0.2) is 11.4 Å². The molecule has 0 amide bonds. The van der Waals surface area contributed by atoms with E-state index < -0.39 is 0 Å². The van der Waals surface area contributed by atoms with Crippen molar-refractivity contribution in [1.29, 1.82) is 0 Å². The van der Waals surface area contributed by atoms with Crippen LogP contribution in [0, 0.1) is 0 Å². The van der Waals surface area contributed by atoms with Gasteiger partial charge in [0.2, 0.25) is 0 Å². The Morgan fingerprint density at radius 3 is 3.18 bits per heavy atom. The summed E-state index contributed by atoms with van der Waals surface area (Å²) in [6.07, 6.45) is 0. The van der Waals surface area contributed by atoms with Gasteiger partial charge in [-0.3, -0.25) is 4.79 Å². The fraction of sp³-hybridized carbons (Fsp3) is 0.300. The van der Waals surface area contributed by atoms with E-state index in [4.69, 9.17) is 11.6 Å². The number of hydrogen-bond acceptors (Lipinski definition) is 6. The number of thiophene rings is 1. The van der Waals surface area contributed by atoms with Crippen molar-refractivity contribution in [3.63, 3.8) is 0 Å². The first-order valence-electron chi connectivity index (χ1n) is 4.75. The summed E-state index contributed by atoms with van der Waals surface area (Å²) in [6, 6.07) is 1.90. The zero-order valence-electron chi connectivity index (χ0n) is 8.97. The van der Waals surface area contributed by atoms with Crippen LogP contribution in [-0.2, 0) is 15.3 Å². The van der Waals surface area contributed by atoms with Crippen molar-refractivity contribution in [2.24, 2.45) is 0 Å². The van der Waals surface area contributed by atoms with Gasteiger partial charge in [0, 0.05) is 5.39 Å². The predicted octanol–water partition coefficient (Wildman–Crippen LogP) is 2.75. The molecular weight excluding hydrogens is 280 g/mol. The Labute approximate surface area is 111 Å². The van der Waals surface area contributed by atoms with E-state index in [9.17, 15) is 4.79 Å². The average molecular weight is 289 g/mol. The first-order chi connectivity index (χ1) is 8.20. The molecule has 0 N–H and O–H groups in total. The van der Waals surface area contributed by atoms with Crippen LogP contribution in [0.25, 0.3) is 10.2 Å². The van der Waals surface area contributed by atoms with Crippen molar-refractivity contribution in [3.05, 3.63) is 22.4 Å². The van der Waals surface area contributed by atoms with Crippen LogP contribution in [0.3, 0.4) is 0 Å². The van der Waals surface area contributed by atoms with Crippen LogP contribution in [0.1, 0.15) is 5.82 Å². The number of nitrogens with zero attached hydrogens (tertiary/aromatic N) is 2. The molecule has 0 aromatic carbocycles. The Bertz CT molecular complexity index is 544. The van der Waals surface area contributed by atoms with E-state index in [0.717, 1.165) is 10.2 Å². The van der Waals surface area contributed by atoms with Gasteiger partial charge in [-0.2, -0.15) is 0 Å². The lowest BCUT2D eigenvalue weighted by Crippen LogP contribution is -2.04. The smallest absolute Gasteiger partial charge is 0.315 e. The number of halogens is 1. The van der Waals surface area contributed by atoms with Gasteiger partial charge in [-0.15, -0.1) is 23.1 Å². The molecule has 0 aliphatic heterocycles. The van der Waals surface area contributed by atoms with Crippen molar-refractivity contribution < 1.29 is 9.53 Å². The molecule has 17 heavy (non-hydrogen) atoms. The van der Waals surface area contributed by atoms with Crippen LogP contribution in [0.5, 0.6) is 0 Å². The second-order valence-corrected chi connectivity index (χ2v) is 5.38. The molecule has 4 nitrogen and oxygen atoms in total. The van der Waals surface area contributed by atoms with E-state index in [1.165, 1.54) is 30.2 Å². The highest BCUT2D eigenvalue weighted by atomic mass is 35.5. The molecule has 0 bridgehead atoms. The van der Waals surface area contributed by atoms with Gasteiger partial charge in [-0.25, -0.2) is 9.97 Å². The van der Waals surface area contributed by atoms with E-state index in [0.29, 0.717) is 22.5 Å². The standard InChI is InChI=1S/C10H9ClN2O2S2/c1-15-8(14)5-16-4-7-12-9(11)6-2-3-17-10(6)13-7/h2-3H,4-5H2,1H3. The zero-order valence-corrected chi connectivity index (χ0v) is 11.4. The third kappa shape index (κ3) is 3.08. The number of methoxy groups -OCH3 is 1. The minimum Gasteiger partial charge on any atom is -0.468 e. The third-order valence-electron chi connectivity index (χ3n) is 2.00. The lowest BCUT2D eigenvalue weighted by atomic mass is 10.4. The maximum Gasteiger partial charge on any atom is 0.315 e. The van der Waals surface area contributed by atoms with Crippen molar-refractivity contribution >= 4 is 50.9 Å². The molecule has 2 aromatic heterocycles. The Hall–Kier alpha value is -0.850. The van der Waals surface area contributed by atoms with E-state index in [2.05, 4.69) is 14.7 Å². The van der Waals surface area contributed by atoms with Gasteiger partial charge in [-0.1, -0.05) is 11.6 Å². The Balaban J connectivity index is 2.06. The summed E-state index contributed by atoms with van der Waals surface area (Å²) in [6.45, 7) is 0. The van der Waals surface area contributed by atoms with Crippen LogP contribution in [-0.4, -0.2) is 28.8 Å². The number of carbonyl (C=O) groups excluding carboxylic acids is 1. The van der Waals surface area contributed by atoms with Crippen molar-refractivity contribution in [3.8, 4) is 0 Å². The van der Waals surface area contributed by atoms with Gasteiger partial charge in [0.05, 0.1) is 18.6 Å². The molecule has 0 aliphatic carbocycles. The minimum absolute atomic E-state index is 0.252. The number of esters is 1. The molecule has 0 saturated heterocycles. The molecular formula is C10H9ClN2O2S2. The van der Waals surface area contributed by atoms with Gasteiger partial charge in [-0.05, 0) is 11.4 Å². The molecule has 7 heteroatoms. The number of ether oxygens (including phenoxy) is 1. The number of rotatable bonds is 4. The van der Waals surface area contributed by atoms with E-state index in [1.54, 1.807) is 0 Å². The lowest BCUT2D eigenvalue weighted by molar-refractivity contribution is -0.137. The minimum atomic E-state index is -0.252. The monoisotopic (exact) mass is 288 g/mol. The predicted molar refractivity (Wildman–Crippen MR) is 70.6 cm³/mol. The quantitative estimate of drug-likeness (QED) is 0.639. The molecule has 0 saturated carbocycles. The summed E-state index contributed by atoms with van der Waals surface area (Å²) in [5.41, 5.74) is 0. The van der Waals surface area contributed by atoms with Crippen LogP contribution < -0.4 is 0 Å². The molecule has 0 spiro atoms. The van der Waals surface area contributed by atoms with E-state index in [1.807, 2.05) is 11.4 Å². The Morgan fingerprint density at radius 1 is 1.59 bits per heavy atom. The molecule has 2 heterocycles. The fourth-order valence-electron chi connectivity index (χ4n) is 1.21. The molecule has 0 unspecified atom stereocenters. The highest BCUT2D eigenvalue weighted by Crippen LogP contribution is 2.25. The van der Waals surface area contributed by atoms with Gasteiger partial charge in [0.15, 0.2) is 0 Å². The first kappa shape index (κ1) is 12.6. The van der Waals surface area contributed by atoms with E-state index >= 15 is 0 Å². The number of thioether (sulfide) groups is 1. The summed E-state index contributed by atoms with van der Waals surface area (Å²) in [7, 11) is 1.37. The summed E-state index contributed by atoms with van der Waals surface area (Å²) in [4.78, 5) is 20.4. The number of fused-ring (bicyclic) bond motifs is 1. The van der Waals surface area contributed by atoms with Crippen molar-refractivity contribution in [2.45, 2.75) is 5.75 Å². The Kier molecular flexibility index (Phi) is 4.20. The lowest BCUT2D eigenvalue weighted by Gasteiger charge is -2.01. The molecule has 0 fully saturated rings. The summed E-state index contributed by atoms with van der Waals surface area (Å²) in [5.74, 6) is 1.22. The van der Waals surface area contributed by atoms with Gasteiger partial charge >= 0.3 is 5.97 Å². The number of aromatic nitrogens is 2. The fourth-order valence-corrected chi connectivity index (χ4v) is 3.00. The largest absolute Gasteiger partial charge is 0.468 e. The second-order valence-electron chi connectivity index (χ2n) is 3.14. The van der Waals surface area contributed by atoms with Crippen LogP contribution in [0.2, 0.25) is 5.15 Å². The second kappa shape index (κ2) is 5.66. The van der Waals surface area contributed by atoms with Crippen LogP contribution in [0.4, 0.5) is 0 Å². The maximum absolute atomic E-state index is 10.9. The van der Waals surface area contributed by atoms with Crippen molar-refractivity contribution in [1.82, 2.24) is 9.97 Å². The van der Waals surface area contributed by atoms with E-state index in [-0.39, 0.29) is 5.97 Å². The molecule has 90 valence electrons. The molecule has 2 rings (SSSR count). The summed E-state index contributed by atoms with van der Waals surface area (Å²) >= 11 is 8.96. The average Bonchev–Trinajstić information content (AvgIpc) is 2.77. The normalized spacial score (nSPS) is 10.7. The summed E-state index contributed by atoms with van der Waals surface area (Å²) < 4.78 is 4.55. The molecule has 0 aliphatic rings. The maximum atomic E-state index is 10.9. The Morgan fingerprint density at radius 2 is 2.41 bits per heavy atom. The van der Waals surface area contributed by atoms with Crippen LogP contribution >= 0.6 is 34.7 Å². The van der Waals surface area contributed by atoms with Gasteiger partial charge in [0.1, 0.15) is 15.8 Å². The highest BCUT2D eigenvalue weighted by molar-refractivity contribution is 7.99.